The molecule has 1 fully saturated rings. The monoisotopic (exact) mass is 322 g/mol. The molecule has 3 rings (SSSR count). The van der Waals surface area contributed by atoms with Crippen LogP contribution in [0.5, 0.6) is 0 Å². The lowest BCUT2D eigenvalue weighted by Gasteiger charge is -2.19. The van der Waals surface area contributed by atoms with Crippen molar-refractivity contribution < 1.29 is 19.1 Å². The third-order valence-corrected chi connectivity index (χ3v) is 4.40. The summed E-state index contributed by atoms with van der Waals surface area (Å²) in [4.78, 5) is 36.7. The second-order valence-corrected chi connectivity index (χ2v) is 6.01. The normalized spacial score (nSPS) is 22.9. The van der Waals surface area contributed by atoms with Gasteiger partial charge in [-0.05, 0) is 12.5 Å². The fourth-order valence-electron chi connectivity index (χ4n) is 3.24. The Morgan fingerprint density at radius 2 is 1.54 bits per heavy atom. The van der Waals surface area contributed by atoms with Gasteiger partial charge in [-0.15, -0.1) is 0 Å². The molecule has 4 heteroatoms. The van der Waals surface area contributed by atoms with E-state index in [9.17, 15) is 14.4 Å². The highest BCUT2D eigenvalue weighted by Gasteiger charge is 2.48. The molecule has 1 saturated heterocycles. The number of cyclic esters (lactones) is 1. The van der Waals surface area contributed by atoms with Crippen LogP contribution in [0.3, 0.4) is 0 Å². The van der Waals surface area contributed by atoms with E-state index in [1.807, 2.05) is 36.4 Å². The molecular weight excluding hydrogens is 304 g/mol. The van der Waals surface area contributed by atoms with Gasteiger partial charge in [-0.2, -0.15) is 0 Å². The van der Waals surface area contributed by atoms with E-state index < -0.39 is 23.9 Å². The number of rotatable bonds is 5. The lowest BCUT2D eigenvalue weighted by molar-refractivity contribution is -0.146. The molecule has 0 aromatic heterocycles. The van der Waals surface area contributed by atoms with Crippen LogP contribution >= 0.6 is 0 Å². The van der Waals surface area contributed by atoms with E-state index in [-0.39, 0.29) is 18.0 Å². The van der Waals surface area contributed by atoms with E-state index in [2.05, 4.69) is 0 Å². The molecule has 0 saturated carbocycles. The van der Waals surface area contributed by atoms with Gasteiger partial charge in [0.2, 0.25) is 0 Å². The Labute approximate surface area is 140 Å². The molecule has 24 heavy (non-hydrogen) atoms. The smallest absolute Gasteiger partial charge is 0.317 e. The third kappa shape index (κ3) is 3.13. The van der Waals surface area contributed by atoms with Crippen molar-refractivity contribution in [1.29, 1.82) is 0 Å². The molecule has 3 unspecified atom stereocenters. The predicted octanol–water partition coefficient (Wildman–Crippen LogP) is 3.38. The van der Waals surface area contributed by atoms with Crippen LogP contribution in [-0.2, 0) is 14.3 Å². The molecule has 0 N–H and O–H groups in total. The van der Waals surface area contributed by atoms with Crippen LogP contribution in [0.4, 0.5) is 0 Å². The maximum atomic E-state index is 12.6. The van der Waals surface area contributed by atoms with Crippen LogP contribution in [0.15, 0.2) is 60.7 Å². The zero-order valence-electron chi connectivity index (χ0n) is 13.3. The first-order chi connectivity index (χ1) is 11.6. The number of ether oxygens (including phenoxy) is 1. The summed E-state index contributed by atoms with van der Waals surface area (Å²) in [5.41, 5.74) is 1.38. The lowest BCUT2D eigenvalue weighted by atomic mass is 9.81. The van der Waals surface area contributed by atoms with Crippen LogP contribution in [-0.4, -0.2) is 17.5 Å². The van der Waals surface area contributed by atoms with Crippen LogP contribution in [0.1, 0.15) is 35.4 Å². The van der Waals surface area contributed by atoms with Gasteiger partial charge in [0.15, 0.2) is 5.78 Å². The molecule has 1 aliphatic rings. The minimum atomic E-state index is -0.886. The maximum Gasteiger partial charge on any atom is 0.317 e. The number of esters is 1. The molecule has 0 aliphatic carbocycles. The van der Waals surface area contributed by atoms with Gasteiger partial charge < -0.3 is 4.74 Å². The quantitative estimate of drug-likeness (QED) is 0.481. The summed E-state index contributed by atoms with van der Waals surface area (Å²) in [7, 11) is 0. The molecule has 2 aromatic carbocycles. The largest absolute Gasteiger partial charge is 0.457 e. The highest BCUT2D eigenvalue weighted by molar-refractivity contribution is 6.02. The second-order valence-electron chi connectivity index (χ2n) is 6.01. The summed E-state index contributed by atoms with van der Waals surface area (Å²) in [6.45, 7) is 1.37. The van der Waals surface area contributed by atoms with Crippen molar-refractivity contribution in [2.45, 2.75) is 19.4 Å². The summed E-state index contributed by atoms with van der Waals surface area (Å²) < 4.78 is 5.46. The third-order valence-electron chi connectivity index (χ3n) is 4.40. The van der Waals surface area contributed by atoms with E-state index >= 15 is 0 Å². The zero-order chi connectivity index (χ0) is 17.1. The molecule has 3 atom stereocenters. The number of hydrogen-bond acceptors (Lipinski definition) is 4. The van der Waals surface area contributed by atoms with Crippen molar-refractivity contribution in [1.82, 2.24) is 0 Å². The minimum Gasteiger partial charge on any atom is -0.457 e. The molecule has 0 amide bonds. The summed E-state index contributed by atoms with van der Waals surface area (Å²) in [5, 5.41) is 0. The number of hydrogen-bond donors (Lipinski definition) is 0. The van der Waals surface area contributed by atoms with Crippen LogP contribution < -0.4 is 0 Å². The van der Waals surface area contributed by atoms with Gasteiger partial charge in [0.25, 0.3) is 0 Å². The lowest BCUT2D eigenvalue weighted by Crippen LogP contribution is -2.26. The highest BCUT2D eigenvalue weighted by Crippen LogP contribution is 2.42. The van der Waals surface area contributed by atoms with Gasteiger partial charge in [-0.3, -0.25) is 14.4 Å². The number of carbonyl (C=O) groups is 3. The zero-order valence-corrected chi connectivity index (χ0v) is 13.3. The number of carbonyl (C=O) groups excluding carboxylic acids is 3. The van der Waals surface area contributed by atoms with E-state index in [0.29, 0.717) is 5.56 Å². The Bertz CT molecular complexity index is 752. The molecule has 1 heterocycles. The second kappa shape index (κ2) is 6.79. The first kappa shape index (κ1) is 16.1. The highest BCUT2D eigenvalue weighted by atomic mass is 16.6. The average molecular weight is 322 g/mol. The Morgan fingerprint density at radius 3 is 2.12 bits per heavy atom. The molecule has 0 spiro atoms. The van der Waals surface area contributed by atoms with Crippen LogP contribution in [0.2, 0.25) is 0 Å². The van der Waals surface area contributed by atoms with E-state index in [1.165, 1.54) is 6.92 Å². The van der Waals surface area contributed by atoms with Gasteiger partial charge in [-0.25, -0.2) is 0 Å². The number of ketones is 2. The Morgan fingerprint density at radius 1 is 0.958 bits per heavy atom. The Balaban J connectivity index is 1.91. The van der Waals surface area contributed by atoms with Gasteiger partial charge in [0, 0.05) is 17.9 Å². The Kier molecular flexibility index (Phi) is 4.56. The van der Waals surface area contributed by atoms with Crippen LogP contribution in [0.25, 0.3) is 0 Å². The SMILES string of the molecule is CC(=O)C1C(=O)OC(c2ccccc2)C1CC(=O)c1ccccc1. The van der Waals surface area contributed by atoms with Gasteiger partial charge in [0.05, 0.1) is 0 Å². The summed E-state index contributed by atoms with van der Waals surface area (Å²) >= 11 is 0. The van der Waals surface area contributed by atoms with Crippen molar-refractivity contribution in [3.05, 3.63) is 71.8 Å². The van der Waals surface area contributed by atoms with Gasteiger partial charge >= 0.3 is 5.97 Å². The molecule has 0 bridgehead atoms. The van der Waals surface area contributed by atoms with Crippen molar-refractivity contribution >= 4 is 17.5 Å². The van der Waals surface area contributed by atoms with Crippen molar-refractivity contribution in [2.75, 3.05) is 0 Å². The summed E-state index contributed by atoms with van der Waals surface area (Å²) in [6.07, 6.45) is -0.472. The van der Waals surface area contributed by atoms with Gasteiger partial charge in [-0.1, -0.05) is 60.7 Å². The molecule has 122 valence electrons. The molecule has 2 aromatic rings. The minimum absolute atomic E-state index is 0.0916. The first-order valence-corrected chi connectivity index (χ1v) is 7.92. The summed E-state index contributed by atoms with van der Waals surface area (Å²) in [6, 6.07) is 18.2. The van der Waals surface area contributed by atoms with Gasteiger partial charge in [0.1, 0.15) is 17.8 Å². The Hall–Kier alpha value is -2.75. The fourth-order valence-corrected chi connectivity index (χ4v) is 3.24. The first-order valence-electron chi connectivity index (χ1n) is 7.92. The number of benzene rings is 2. The van der Waals surface area contributed by atoms with Crippen molar-refractivity contribution in [2.24, 2.45) is 11.8 Å². The van der Waals surface area contributed by atoms with Crippen LogP contribution in [0, 0.1) is 11.8 Å². The van der Waals surface area contributed by atoms with Crippen molar-refractivity contribution in [3.8, 4) is 0 Å². The molecular formula is C20H18O4. The topological polar surface area (TPSA) is 60.4 Å². The fraction of sp³-hybridized carbons (Fsp3) is 0.250. The maximum absolute atomic E-state index is 12.6. The average Bonchev–Trinajstić information content (AvgIpc) is 2.92. The van der Waals surface area contributed by atoms with Crippen molar-refractivity contribution in [3.63, 3.8) is 0 Å². The summed E-state index contributed by atoms with van der Waals surface area (Å²) in [5.74, 6) is -2.26. The van der Waals surface area contributed by atoms with E-state index in [4.69, 9.17) is 4.74 Å². The van der Waals surface area contributed by atoms with E-state index in [1.54, 1.807) is 24.3 Å². The van der Waals surface area contributed by atoms with E-state index in [0.717, 1.165) is 5.56 Å². The molecule has 0 radical (unpaired) electrons. The predicted molar refractivity (Wildman–Crippen MR) is 88.3 cm³/mol. The number of Topliss-reactive ketones (excluding diaryl/α,β-unsaturated/α-hetero) is 2. The molecule has 4 nitrogen and oxygen atoms in total. The standard InChI is InChI=1S/C20H18O4/c1-13(21)18-16(12-17(22)14-8-4-2-5-9-14)19(24-20(18)23)15-10-6-3-7-11-15/h2-11,16,18-19H,12H2,1H3. The molecule has 1 aliphatic heterocycles.